The number of ether oxygens (including phenoxy) is 2. The summed E-state index contributed by atoms with van der Waals surface area (Å²) in [4.78, 5) is 12.2. The van der Waals surface area contributed by atoms with E-state index in [1.807, 2.05) is 30.3 Å². The second kappa shape index (κ2) is 7.11. The maximum atomic E-state index is 10.9. The molecule has 1 aromatic rings. The Morgan fingerprint density at radius 1 is 1.37 bits per heavy atom. The summed E-state index contributed by atoms with van der Waals surface area (Å²) in [7, 11) is 0. The van der Waals surface area contributed by atoms with Gasteiger partial charge in [0.15, 0.2) is 0 Å². The van der Waals surface area contributed by atoms with Crippen LogP contribution in [-0.2, 0) is 16.1 Å². The van der Waals surface area contributed by atoms with Crippen molar-refractivity contribution in [2.45, 2.75) is 19.1 Å². The SMILES string of the molecule is O=C(O)N1CCOC(COCc2ccccc2)CC1. The lowest BCUT2D eigenvalue weighted by atomic mass is 10.2. The largest absolute Gasteiger partial charge is 0.465 e. The first kappa shape index (κ1) is 13.8. The van der Waals surface area contributed by atoms with E-state index in [1.54, 1.807) is 0 Å². The van der Waals surface area contributed by atoms with Crippen molar-refractivity contribution in [3.05, 3.63) is 35.9 Å². The van der Waals surface area contributed by atoms with E-state index in [-0.39, 0.29) is 6.10 Å². The van der Waals surface area contributed by atoms with Gasteiger partial charge in [-0.05, 0) is 12.0 Å². The molecule has 0 aromatic heterocycles. The second-order valence-electron chi connectivity index (χ2n) is 4.55. The lowest BCUT2D eigenvalue weighted by Crippen LogP contribution is -2.31. The quantitative estimate of drug-likeness (QED) is 0.904. The molecule has 1 atom stereocenters. The first-order valence-corrected chi connectivity index (χ1v) is 6.47. The van der Waals surface area contributed by atoms with E-state index in [1.165, 1.54) is 4.90 Å². The van der Waals surface area contributed by atoms with Crippen LogP contribution in [0.5, 0.6) is 0 Å². The maximum Gasteiger partial charge on any atom is 0.407 e. The lowest BCUT2D eigenvalue weighted by Gasteiger charge is -2.15. The Kier molecular flexibility index (Phi) is 5.18. The third kappa shape index (κ3) is 4.54. The second-order valence-corrected chi connectivity index (χ2v) is 4.55. The highest BCUT2D eigenvalue weighted by Crippen LogP contribution is 2.09. The fourth-order valence-electron chi connectivity index (χ4n) is 2.03. The minimum Gasteiger partial charge on any atom is -0.465 e. The van der Waals surface area contributed by atoms with Gasteiger partial charge in [0.2, 0.25) is 0 Å². The van der Waals surface area contributed by atoms with Gasteiger partial charge in [-0.3, -0.25) is 0 Å². The summed E-state index contributed by atoms with van der Waals surface area (Å²) in [5.74, 6) is 0. The molecule has 0 radical (unpaired) electrons. The van der Waals surface area contributed by atoms with E-state index in [2.05, 4.69) is 0 Å². The van der Waals surface area contributed by atoms with E-state index in [9.17, 15) is 4.79 Å². The molecule has 0 bridgehead atoms. The molecule has 19 heavy (non-hydrogen) atoms. The van der Waals surface area contributed by atoms with Crippen LogP contribution in [0.2, 0.25) is 0 Å². The Hall–Kier alpha value is -1.59. The zero-order chi connectivity index (χ0) is 13.5. The summed E-state index contributed by atoms with van der Waals surface area (Å²) in [5.41, 5.74) is 1.13. The van der Waals surface area contributed by atoms with E-state index in [4.69, 9.17) is 14.6 Å². The molecule has 104 valence electrons. The molecule has 2 rings (SSSR count). The molecule has 0 aliphatic carbocycles. The van der Waals surface area contributed by atoms with Crippen LogP contribution in [-0.4, -0.2) is 48.5 Å². The molecule has 5 nitrogen and oxygen atoms in total. The summed E-state index contributed by atoms with van der Waals surface area (Å²) in [6.45, 7) is 2.44. The van der Waals surface area contributed by atoms with Gasteiger partial charge in [0.25, 0.3) is 0 Å². The number of nitrogens with zero attached hydrogens (tertiary/aromatic N) is 1. The molecule has 1 fully saturated rings. The van der Waals surface area contributed by atoms with Gasteiger partial charge in [0.05, 0.1) is 25.9 Å². The summed E-state index contributed by atoms with van der Waals surface area (Å²) < 4.78 is 11.2. The molecule has 1 aromatic carbocycles. The van der Waals surface area contributed by atoms with Gasteiger partial charge in [-0.2, -0.15) is 0 Å². The van der Waals surface area contributed by atoms with E-state index < -0.39 is 6.09 Å². The van der Waals surface area contributed by atoms with Gasteiger partial charge in [-0.15, -0.1) is 0 Å². The number of rotatable bonds is 4. The normalized spacial score (nSPS) is 20.0. The summed E-state index contributed by atoms with van der Waals surface area (Å²) in [6.07, 6.45) is -0.219. The third-order valence-corrected chi connectivity index (χ3v) is 3.12. The van der Waals surface area contributed by atoms with Crippen molar-refractivity contribution >= 4 is 6.09 Å². The van der Waals surface area contributed by atoms with Crippen LogP contribution in [0.15, 0.2) is 30.3 Å². The molecule has 0 saturated carbocycles. The van der Waals surface area contributed by atoms with Crippen molar-refractivity contribution in [3.8, 4) is 0 Å². The summed E-state index contributed by atoms with van der Waals surface area (Å²) >= 11 is 0. The van der Waals surface area contributed by atoms with Gasteiger partial charge < -0.3 is 19.5 Å². The van der Waals surface area contributed by atoms with Gasteiger partial charge in [0, 0.05) is 13.1 Å². The molecule has 1 aliphatic heterocycles. The zero-order valence-electron chi connectivity index (χ0n) is 10.8. The van der Waals surface area contributed by atoms with Crippen molar-refractivity contribution in [1.82, 2.24) is 4.90 Å². The molecule has 1 N–H and O–H groups in total. The molecule has 1 aliphatic rings. The van der Waals surface area contributed by atoms with E-state index in [0.29, 0.717) is 39.3 Å². The third-order valence-electron chi connectivity index (χ3n) is 3.12. The molecule has 1 unspecified atom stereocenters. The molecule has 1 amide bonds. The van der Waals surface area contributed by atoms with Crippen LogP contribution in [0.4, 0.5) is 4.79 Å². The van der Waals surface area contributed by atoms with Crippen LogP contribution < -0.4 is 0 Å². The fraction of sp³-hybridized carbons (Fsp3) is 0.500. The van der Waals surface area contributed by atoms with Crippen molar-refractivity contribution in [2.75, 3.05) is 26.3 Å². The molecule has 1 saturated heterocycles. The highest BCUT2D eigenvalue weighted by Gasteiger charge is 2.20. The highest BCUT2D eigenvalue weighted by atomic mass is 16.5. The van der Waals surface area contributed by atoms with Crippen molar-refractivity contribution in [3.63, 3.8) is 0 Å². The number of hydrogen-bond acceptors (Lipinski definition) is 3. The Morgan fingerprint density at radius 3 is 2.89 bits per heavy atom. The van der Waals surface area contributed by atoms with Crippen LogP contribution in [0.1, 0.15) is 12.0 Å². The predicted octanol–water partition coefficient (Wildman–Crippen LogP) is 1.97. The zero-order valence-corrected chi connectivity index (χ0v) is 10.8. The lowest BCUT2D eigenvalue weighted by molar-refractivity contribution is -0.0158. The topological polar surface area (TPSA) is 59.0 Å². The van der Waals surface area contributed by atoms with Crippen LogP contribution in [0.3, 0.4) is 0 Å². The molecule has 0 spiro atoms. The van der Waals surface area contributed by atoms with Crippen molar-refractivity contribution in [2.24, 2.45) is 0 Å². The smallest absolute Gasteiger partial charge is 0.407 e. The van der Waals surface area contributed by atoms with Crippen LogP contribution >= 0.6 is 0 Å². The Morgan fingerprint density at radius 2 is 2.16 bits per heavy atom. The molecular weight excluding hydrogens is 246 g/mol. The summed E-state index contributed by atoms with van der Waals surface area (Å²) in [5, 5.41) is 8.91. The number of carboxylic acid groups (broad SMARTS) is 1. The maximum absolute atomic E-state index is 10.9. The Balaban J connectivity index is 1.70. The van der Waals surface area contributed by atoms with Crippen LogP contribution in [0, 0.1) is 0 Å². The number of benzene rings is 1. The Bertz CT molecular complexity index is 396. The molecule has 1 heterocycles. The van der Waals surface area contributed by atoms with E-state index >= 15 is 0 Å². The number of carbonyl (C=O) groups is 1. The predicted molar refractivity (Wildman–Crippen MR) is 70.1 cm³/mol. The van der Waals surface area contributed by atoms with Crippen LogP contribution in [0.25, 0.3) is 0 Å². The first-order valence-electron chi connectivity index (χ1n) is 6.47. The number of hydrogen-bond donors (Lipinski definition) is 1. The summed E-state index contributed by atoms with van der Waals surface area (Å²) in [6, 6.07) is 9.95. The van der Waals surface area contributed by atoms with Gasteiger partial charge >= 0.3 is 6.09 Å². The first-order chi connectivity index (χ1) is 9.25. The van der Waals surface area contributed by atoms with Gasteiger partial charge in [0.1, 0.15) is 0 Å². The van der Waals surface area contributed by atoms with Crippen molar-refractivity contribution in [1.29, 1.82) is 0 Å². The standard InChI is InChI=1S/C14H19NO4/c16-14(17)15-7-6-13(19-9-8-15)11-18-10-12-4-2-1-3-5-12/h1-5,13H,6-11H2,(H,16,17). The Labute approximate surface area is 112 Å². The molecular formula is C14H19NO4. The highest BCUT2D eigenvalue weighted by molar-refractivity contribution is 5.64. The number of amides is 1. The van der Waals surface area contributed by atoms with Crippen molar-refractivity contribution < 1.29 is 19.4 Å². The average Bonchev–Trinajstić information content (AvgIpc) is 2.66. The molecule has 5 heteroatoms. The minimum atomic E-state index is -0.880. The van der Waals surface area contributed by atoms with E-state index in [0.717, 1.165) is 5.56 Å². The van der Waals surface area contributed by atoms with Gasteiger partial charge in [-0.25, -0.2) is 4.79 Å². The minimum absolute atomic E-state index is 0.0203. The average molecular weight is 265 g/mol. The fourth-order valence-corrected chi connectivity index (χ4v) is 2.03. The monoisotopic (exact) mass is 265 g/mol. The van der Waals surface area contributed by atoms with Gasteiger partial charge in [-0.1, -0.05) is 30.3 Å².